The van der Waals surface area contributed by atoms with Crippen molar-refractivity contribution in [1.29, 1.82) is 0 Å². The highest BCUT2D eigenvalue weighted by Crippen LogP contribution is 2.20. The second-order valence-corrected chi connectivity index (χ2v) is 8.06. The van der Waals surface area contributed by atoms with Crippen molar-refractivity contribution < 1.29 is 25.6 Å². The van der Waals surface area contributed by atoms with E-state index in [0.717, 1.165) is 12.3 Å². The average molecular weight is 362 g/mol. The highest BCUT2D eigenvalue weighted by Gasteiger charge is 2.16. The first kappa shape index (κ1) is 17.2. The lowest BCUT2D eigenvalue weighted by molar-refractivity contribution is 0.504. The predicted molar refractivity (Wildman–Crippen MR) is 82.1 cm³/mol. The van der Waals surface area contributed by atoms with E-state index in [1.807, 2.05) is 0 Å². The second kappa shape index (κ2) is 6.13. The maximum atomic E-state index is 13.1. The van der Waals surface area contributed by atoms with Crippen molar-refractivity contribution in [2.24, 2.45) is 0 Å². The molecule has 0 heterocycles. The summed E-state index contributed by atoms with van der Waals surface area (Å²) in [4.78, 5) is -0.435. The van der Waals surface area contributed by atoms with Gasteiger partial charge in [-0.2, -0.15) is 0 Å². The van der Waals surface area contributed by atoms with Crippen molar-refractivity contribution in [3.8, 4) is 0 Å². The minimum Gasteiger partial charge on any atom is -0.284 e. The topological polar surface area (TPSA) is 92.3 Å². The van der Waals surface area contributed by atoms with Crippen molar-refractivity contribution >= 4 is 31.4 Å². The Labute approximate surface area is 132 Å². The van der Waals surface area contributed by atoms with E-state index < -0.39 is 36.6 Å². The summed E-state index contributed by atoms with van der Waals surface area (Å²) in [6.07, 6.45) is 0.979. The van der Waals surface area contributed by atoms with Gasteiger partial charge in [-0.3, -0.25) is 9.44 Å². The van der Waals surface area contributed by atoms with Gasteiger partial charge in [0.1, 0.15) is 0 Å². The SMILES string of the molecule is CS(=O)(=O)Nc1ccc(NS(=O)(=O)c2ccc(F)c(F)c2)cc1. The van der Waals surface area contributed by atoms with Gasteiger partial charge in [0, 0.05) is 11.4 Å². The molecule has 6 nitrogen and oxygen atoms in total. The number of anilines is 2. The average Bonchev–Trinajstić information content (AvgIpc) is 2.42. The third-order valence-corrected chi connectivity index (χ3v) is 4.63. The van der Waals surface area contributed by atoms with Gasteiger partial charge in [-0.15, -0.1) is 0 Å². The predicted octanol–water partition coefficient (Wildman–Crippen LogP) is 2.14. The molecule has 2 N–H and O–H groups in total. The number of rotatable bonds is 5. The van der Waals surface area contributed by atoms with Crippen LogP contribution in [0.3, 0.4) is 0 Å². The molecule has 23 heavy (non-hydrogen) atoms. The summed E-state index contributed by atoms with van der Waals surface area (Å²) in [5, 5.41) is 0. The summed E-state index contributed by atoms with van der Waals surface area (Å²) in [7, 11) is -7.54. The summed E-state index contributed by atoms with van der Waals surface area (Å²) in [5.41, 5.74) is 0.386. The van der Waals surface area contributed by atoms with Crippen LogP contribution in [0.5, 0.6) is 0 Å². The van der Waals surface area contributed by atoms with E-state index in [4.69, 9.17) is 0 Å². The maximum absolute atomic E-state index is 13.1. The molecule has 0 spiro atoms. The molecule has 0 fully saturated rings. The smallest absolute Gasteiger partial charge is 0.261 e. The molecule has 0 aromatic heterocycles. The van der Waals surface area contributed by atoms with Gasteiger partial charge < -0.3 is 0 Å². The first-order valence-corrected chi connectivity index (χ1v) is 9.50. The molecule has 0 aliphatic carbocycles. The van der Waals surface area contributed by atoms with Crippen LogP contribution in [0.15, 0.2) is 47.4 Å². The summed E-state index contributed by atoms with van der Waals surface area (Å²) >= 11 is 0. The van der Waals surface area contributed by atoms with Crippen LogP contribution < -0.4 is 9.44 Å². The largest absolute Gasteiger partial charge is 0.284 e. The molecule has 2 aromatic carbocycles. The van der Waals surface area contributed by atoms with Crippen LogP contribution in [0.25, 0.3) is 0 Å². The van der Waals surface area contributed by atoms with Crippen LogP contribution in [0, 0.1) is 11.6 Å². The molecule has 10 heteroatoms. The lowest BCUT2D eigenvalue weighted by Gasteiger charge is -2.09. The summed E-state index contributed by atoms with van der Waals surface area (Å²) in [6.45, 7) is 0. The van der Waals surface area contributed by atoms with E-state index in [1.165, 1.54) is 24.3 Å². The standard InChI is InChI=1S/C13H12F2N2O4S2/c1-22(18,19)16-9-2-4-10(5-3-9)17-23(20,21)11-6-7-12(14)13(15)8-11/h2-8,16-17H,1H3. The maximum Gasteiger partial charge on any atom is 0.261 e. The van der Waals surface area contributed by atoms with Crippen molar-refractivity contribution in [2.75, 3.05) is 15.7 Å². The molecule has 0 aliphatic rings. The van der Waals surface area contributed by atoms with E-state index in [0.29, 0.717) is 12.1 Å². The number of sulfonamides is 2. The van der Waals surface area contributed by atoms with E-state index in [1.54, 1.807) is 0 Å². The molecule has 0 amide bonds. The van der Waals surface area contributed by atoms with Crippen LogP contribution >= 0.6 is 0 Å². The van der Waals surface area contributed by atoms with Crippen LogP contribution in [0.2, 0.25) is 0 Å². The Hall–Kier alpha value is -2.20. The Morgan fingerprint density at radius 2 is 1.30 bits per heavy atom. The molecule has 0 atom stereocenters. The minimum atomic E-state index is -4.10. The zero-order chi connectivity index (χ0) is 17.3. The number of benzene rings is 2. The molecule has 0 aliphatic heterocycles. The fraction of sp³-hybridized carbons (Fsp3) is 0.0769. The number of hydrogen-bond donors (Lipinski definition) is 2. The zero-order valence-corrected chi connectivity index (χ0v) is 13.4. The van der Waals surface area contributed by atoms with Crippen LogP contribution in [-0.2, 0) is 20.0 Å². The van der Waals surface area contributed by atoms with Gasteiger partial charge in [0.2, 0.25) is 10.0 Å². The van der Waals surface area contributed by atoms with E-state index >= 15 is 0 Å². The Morgan fingerprint density at radius 3 is 1.78 bits per heavy atom. The number of halogens is 2. The number of hydrogen-bond acceptors (Lipinski definition) is 4. The second-order valence-electron chi connectivity index (χ2n) is 4.63. The monoisotopic (exact) mass is 362 g/mol. The van der Waals surface area contributed by atoms with Crippen LogP contribution in [-0.4, -0.2) is 23.1 Å². The van der Waals surface area contributed by atoms with E-state index in [2.05, 4.69) is 9.44 Å². The summed E-state index contributed by atoms with van der Waals surface area (Å²) in [6, 6.07) is 7.56. The van der Waals surface area contributed by atoms with Crippen molar-refractivity contribution in [1.82, 2.24) is 0 Å². The molecular formula is C13H12F2N2O4S2. The zero-order valence-electron chi connectivity index (χ0n) is 11.7. The molecule has 0 bridgehead atoms. The van der Waals surface area contributed by atoms with Gasteiger partial charge in [0.05, 0.1) is 11.2 Å². The van der Waals surface area contributed by atoms with Crippen LogP contribution in [0.4, 0.5) is 20.2 Å². The molecule has 0 saturated carbocycles. The molecule has 0 saturated heterocycles. The van der Waals surface area contributed by atoms with Crippen molar-refractivity contribution in [2.45, 2.75) is 4.90 Å². The highest BCUT2D eigenvalue weighted by atomic mass is 32.2. The lowest BCUT2D eigenvalue weighted by Crippen LogP contribution is -2.14. The molecule has 0 unspecified atom stereocenters. The quantitative estimate of drug-likeness (QED) is 0.852. The van der Waals surface area contributed by atoms with Gasteiger partial charge in [-0.25, -0.2) is 25.6 Å². The normalized spacial score (nSPS) is 12.0. The summed E-state index contributed by atoms with van der Waals surface area (Å²) in [5.74, 6) is -2.43. The Balaban J connectivity index is 2.22. The lowest BCUT2D eigenvalue weighted by atomic mass is 10.3. The van der Waals surface area contributed by atoms with Crippen molar-refractivity contribution in [3.63, 3.8) is 0 Å². The Kier molecular flexibility index (Phi) is 4.57. The highest BCUT2D eigenvalue weighted by molar-refractivity contribution is 7.92. The fourth-order valence-corrected chi connectivity index (χ4v) is 3.31. The fourth-order valence-electron chi connectivity index (χ4n) is 1.68. The van der Waals surface area contributed by atoms with Gasteiger partial charge in [-0.1, -0.05) is 0 Å². The molecule has 2 aromatic rings. The Morgan fingerprint density at radius 1 is 0.783 bits per heavy atom. The third-order valence-electron chi connectivity index (χ3n) is 2.64. The molecular weight excluding hydrogens is 350 g/mol. The first-order chi connectivity index (χ1) is 10.6. The molecule has 2 rings (SSSR count). The van der Waals surface area contributed by atoms with E-state index in [9.17, 15) is 25.6 Å². The van der Waals surface area contributed by atoms with Gasteiger partial charge in [0.15, 0.2) is 11.6 Å². The van der Waals surface area contributed by atoms with Gasteiger partial charge in [-0.05, 0) is 42.5 Å². The minimum absolute atomic E-state index is 0.133. The third kappa shape index (κ3) is 4.63. The summed E-state index contributed by atoms with van der Waals surface area (Å²) < 4.78 is 76.6. The molecule has 0 radical (unpaired) electrons. The van der Waals surface area contributed by atoms with Crippen molar-refractivity contribution in [3.05, 3.63) is 54.1 Å². The molecule has 124 valence electrons. The number of nitrogens with one attached hydrogen (secondary N) is 2. The van der Waals surface area contributed by atoms with Gasteiger partial charge >= 0.3 is 0 Å². The van der Waals surface area contributed by atoms with E-state index in [-0.39, 0.29) is 11.4 Å². The van der Waals surface area contributed by atoms with Gasteiger partial charge in [0.25, 0.3) is 10.0 Å². The first-order valence-electron chi connectivity index (χ1n) is 6.12. The Bertz CT molecular complexity index is 927. The van der Waals surface area contributed by atoms with Crippen LogP contribution in [0.1, 0.15) is 0 Å².